The second-order valence-electron chi connectivity index (χ2n) is 3.74. The zero-order valence-corrected chi connectivity index (χ0v) is 11.9. The maximum absolute atomic E-state index is 13.9. The summed E-state index contributed by atoms with van der Waals surface area (Å²) in [5, 5.41) is 0. The highest BCUT2D eigenvalue weighted by Gasteiger charge is 2.16. The first kappa shape index (κ1) is 14.3. The monoisotopic (exact) mass is 305 g/mol. The molecule has 1 aromatic heterocycles. The van der Waals surface area contributed by atoms with Crippen LogP contribution >= 0.6 is 15.9 Å². The van der Waals surface area contributed by atoms with Gasteiger partial charge in [-0.15, -0.1) is 0 Å². The highest BCUT2D eigenvalue weighted by molar-refractivity contribution is 9.09. The number of nitrogens with zero attached hydrogens (tertiary/aromatic N) is 3. The molecule has 0 bridgehead atoms. The van der Waals surface area contributed by atoms with Gasteiger partial charge in [-0.25, -0.2) is 14.4 Å². The zero-order valence-electron chi connectivity index (χ0n) is 10.3. The van der Waals surface area contributed by atoms with Gasteiger partial charge in [-0.3, -0.25) is 0 Å². The lowest BCUT2D eigenvalue weighted by molar-refractivity contribution is 0.201. The molecule has 0 spiro atoms. The molecule has 6 heteroatoms. The topological polar surface area (TPSA) is 38.2 Å². The standard InChI is InChI=1S/C11H17BrFN3O/c1-4-9-10(13)11(15-7-14-9)16(2)5-8(12)6-17-3/h7-8H,4-6H2,1-3H3. The second-order valence-corrected chi connectivity index (χ2v) is 5.04. The normalized spacial score (nSPS) is 12.5. The van der Waals surface area contributed by atoms with Gasteiger partial charge in [0, 0.05) is 20.7 Å². The predicted molar refractivity (Wildman–Crippen MR) is 69.2 cm³/mol. The Morgan fingerprint density at radius 1 is 1.53 bits per heavy atom. The van der Waals surface area contributed by atoms with Gasteiger partial charge >= 0.3 is 0 Å². The van der Waals surface area contributed by atoms with Crippen LogP contribution in [-0.4, -0.2) is 42.1 Å². The molecule has 1 heterocycles. The number of ether oxygens (including phenoxy) is 1. The number of hydrogen-bond donors (Lipinski definition) is 0. The molecule has 1 aromatic rings. The zero-order chi connectivity index (χ0) is 12.8. The first-order chi connectivity index (χ1) is 8.10. The van der Waals surface area contributed by atoms with Crippen molar-refractivity contribution in [2.45, 2.75) is 18.2 Å². The molecule has 0 N–H and O–H groups in total. The molecule has 96 valence electrons. The molecule has 0 aliphatic rings. The fourth-order valence-corrected chi connectivity index (χ4v) is 2.22. The van der Waals surface area contributed by atoms with E-state index in [9.17, 15) is 4.39 Å². The Morgan fingerprint density at radius 3 is 2.82 bits per heavy atom. The van der Waals surface area contributed by atoms with Gasteiger partial charge in [0.15, 0.2) is 11.6 Å². The van der Waals surface area contributed by atoms with Crippen LogP contribution in [0.2, 0.25) is 0 Å². The van der Waals surface area contributed by atoms with Crippen LogP contribution in [0.3, 0.4) is 0 Å². The van der Waals surface area contributed by atoms with Gasteiger partial charge in [-0.05, 0) is 6.42 Å². The number of aromatic nitrogens is 2. The Hall–Kier alpha value is -0.750. The van der Waals surface area contributed by atoms with Crippen molar-refractivity contribution in [3.63, 3.8) is 0 Å². The summed E-state index contributed by atoms with van der Waals surface area (Å²) in [6.07, 6.45) is 1.96. The Morgan fingerprint density at radius 2 is 2.24 bits per heavy atom. The summed E-state index contributed by atoms with van der Waals surface area (Å²) in [7, 11) is 3.43. The number of hydrogen-bond acceptors (Lipinski definition) is 4. The summed E-state index contributed by atoms with van der Waals surface area (Å²) in [4.78, 5) is 9.78. The number of aryl methyl sites for hydroxylation is 1. The molecule has 0 aliphatic heterocycles. The third kappa shape index (κ3) is 3.89. The summed E-state index contributed by atoms with van der Waals surface area (Å²) in [6, 6.07) is 0. The van der Waals surface area contributed by atoms with E-state index in [4.69, 9.17) is 4.74 Å². The van der Waals surface area contributed by atoms with Crippen LogP contribution in [-0.2, 0) is 11.2 Å². The summed E-state index contributed by atoms with van der Waals surface area (Å²) in [6.45, 7) is 3.05. The summed E-state index contributed by atoms with van der Waals surface area (Å²) < 4.78 is 19.0. The molecule has 1 atom stereocenters. The maximum atomic E-state index is 13.9. The quantitative estimate of drug-likeness (QED) is 0.754. The Bertz CT molecular complexity index is 365. The van der Waals surface area contributed by atoms with Crippen LogP contribution in [0.1, 0.15) is 12.6 Å². The average Bonchev–Trinajstić information content (AvgIpc) is 2.29. The van der Waals surface area contributed by atoms with E-state index >= 15 is 0 Å². The van der Waals surface area contributed by atoms with E-state index in [1.807, 2.05) is 6.92 Å². The molecule has 0 amide bonds. The minimum absolute atomic E-state index is 0.136. The van der Waals surface area contributed by atoms with E-state index in [-0.39, 0.29) is 10.6 Å². The Balaban J connectivity index is 2.78. The highest BCUT2D eigenvalue weighted by atomic mass is 79.9. The van der Waals surface area contributed by atoms with Gasteiger partial charge in [0.1, 0.15) is 6.33 Å². The number of alkyl halides is 1. The summed E-state index contributed by atoms with van der Waals surface area (Å²) in [5.74, 6) is -0.00739. The molecule has 4 nitrogen and oxygen atoms in total. The van der Waals surface area contributed by atoms with Crippen LogP contribution in [0.4, 0.5) is 10.2 Å². The Kier molecular flexibility index (Phi) is 5.77. The summed E-state index contributed by atoms with van der Waals surface area (Å²) in [5.41, 5.74) is 0.444. The van der Waals surface area contributed by atoms with Crippen LogP contribution < -0.4 is 4.90 Å². The van der Waals surface area contributed by atoms with Crippen molar-refractivity contribution < 1.29 is 9.13 Å². The van der Waals surface area contributed by atoms with E-state index in [0.717, 1.165) is 0 Å². The van der Waals surface area contributed by atoms with E-state index in [0.29, 0.717) is 31.1 Å². The molecular formula is C11H17BrFN3O. The molecule has 0 saturated carbocycles. The molecule has 0 saturated heterocycles. The van der Waals surface area contributed by atoms with Crippen molar-refractivity contribution in [3.8, 4) is 0 Å². The molecule has 0 fully saturated rings. The van der Waals surface area contributed by atoms with Crippen molar-refractivity contribution in [1.82, 2.24) is 9.97 Å². The van der Waals surface area contributed by atoms with Gasteiger partial charge in [-0.1, -0.05) is 22.9 Å². The molecule has 0 aliphatic carbocycles. The van der Waals surface area contributed by atoms with E-state index in [1.54, 1.807) is 19.1 Å². The van der Waals surface area contributed by atoms with E-state index in [2.05, 4.69) is 25.9 Å². The van der Waals surface area contributed by atoms with E-state index in [1.165, 1.54) is 6.33 Å². The second kappa shape index (κ2) is 6.86. The number of anilines is 1. The number of methoxy groups -OCH3 is 1. The van der Waals surface area contributed by atoms with Gasteiger partial charge in [0.05, 0.1) is 17.1 Å². The van der Waals surface area contributed by atoms with Gasteiger partial charge < -0.3 is 9.64 Å². The van der Waals surface area contributed by atoms with Crippen LogP contribution in [0, 0.1) is 5.82 Å². The average molecular weight is 306 g/mol. The largest absolute Gasteiger partial charge is 0.383 e. The SMILES string of the molecule is CCc1ncnc(N(C)CC(Br)COC)c1F. The fraction of sp³-hybridized carbons (Fsp3) is 0.636. The first-order valence-electron chi connectivity index (χ1n) is 5.43. The summed E-state index contributed by atoms with van der Waals surface area (Å²) >= 11 is 3.46. The third-order valence-corrected chi connectivity index (χ3v) is 2.91. The van der Waals surface area contributed by atoms with Crippen LogP contribution in [0.25, 0.3) is 0 Å². The molecule has 1 rings (SSSR count). The lowest BCUT2D eigenvalue weighted by atomic mass is 10.3. The lowest BCUT2D eigenvalue weighted by Crippen LogP contribution is -2.30. The van der Waals surface area contributed by atoms with Crippen molar-refractivity contribution >= 4 is 21.7 Å². The molecule has 0 radical (unpaired) electrons. The number of rotatable bonds is 6. The fourth-order valence-electron chi connectivity index (χ4n) is 1.53. The number of halogens is 2. The predicted octanol–water partition coefficient (Wildman–Crippen LogP) is 2.02. The van der Waals surface area contributed by atoms with Crippen molar-refractivity contribution in [2.24, 2.45) is 0 Å². The van der Waals surface area contributed by atoms with Gasteiger partial charge in [-0.2, -0.15) is 0 Å². The van der Waals surface area contributed by atoms with Crippen molar-refractivity contribution in [3.05, 3.63) is 17.8 Å². The van der Waals surface area contributed by atoms with Crippen molar-refractivity contribution in [1.29, 1.82) is 0 Å². The van der Waals surface area contributed by atoms with Crippen molar-refractivity contribution in [2.75, 3.05) is 32.2 Å². The molecule has 1 unspecified atom stereocenters. The van der Waals surface area contributed by atoms with Gasteiger partial charge in [0.2, 0.25) is 0 Å². The minimum atomic E-state index is -0.338. The van der Waals surface area contributed by atoms with Crippen LogP contribution in [0.5, 0.6) is 0 Å². The van der Waals surface area contributed by atoms with E-state index < -0.39 is 0 Å². The minimum Gasteiger partial charge on any atom is -0.383 e. The highest BCUT2D eigenvalue weighted by Crippen LogP contribution is 2.18. The first-order valence-corrected chi connectivity index (χ1v) is 6.35. The molecule has 17 heavy (non-hydrogen) atoms. The van der Waals surface area contributed by atoms with Crippen LogP contribution in [0.15, 0.2) is 6.33 Å². The smallest absolute Gasteiger partial charge is 0.187 e. The molecule has 0 aromatic carbocycles. The van der Waals surface area contributed by atoms with Gasteiger partial charge in [0.25, 0.3) is 0 Å². The lowest BCUT2D eigenvalue weighted by Gasteiger charge is -2.21. The Labute approximate surface area is 109 Å². The molecular weight excluding hydrogens is 289 g/mol. The maximum Gasteiger partial charge on any atom is 0.187 e. The third-order valence-electron chi connectivity index (χ3n) is 2.36.